The molecule has 1 aromatic rings. The van der Waals surface area contributed by atoms with Crippen molar-refractivity contribution in [2.45, 2.75) is 6.18 Å². The Hall–Kier alpha value is -2.18. The van der Waals surface area contributed by atoms with Crippen molar-refractivity contribution in [1.82, 2.24) is 10.7 Å². The first kappa shape index (κ1) is 20.1. The zero-order chi connectivity index (χ0) is 19.2. The van der Waals surface area contributed by atoms with Crippen LogP contribution in [0, 0.1) is 10.1 Å². The Bertz CT molecular complexity index is 653. The van der Waals surface area contributed by atoms with Crippen LogP contribution in [0.15, 0.2) is 18.2 Å². The minimum absolute atomic E-state index is 0.119. The van der Waals surface area contributed by atoms with Crippen LogP contribution in [0.1, 0.15) is 5.56 Å². The molecule has 0 amide bonds. The number of hydrogen-bond donors (Lipinski definition) is 4. The second kappa shape index (κ2) is 8.96. The average molecular weight is 394 g/mol. The van der Waals surface area contributed by atoms with E-state index in [1.54, 1.807) is 0 Å². The highest BCUT2D eigenvalue weighted by Gasteiger charge is 2.33. The van der Waals surface area contributed by atoms with E-state index in [-0.39, 0.29) is 10.8 Å². The molecule has 0 radical (unpaired) electrons. The molecule has 2 rings (SSSR count). The minimum atomic E-state index is -4.66. The number of nitro groups is 1. The molecule has 1 aliphatic rings. The normalized spacial score (nSPS) is 15.3. The van der Waals surface area contributed by atoms with Gasteiger partial charge in [-0.25, -0.2) is 0 Å². The quantitative estimate of drug-likeness (QED) is 0.314. The molecule has 0 saturated carbocycles. The SMILES string of the molecule is O=[N+]([O-])c1cc(C(F)(F)F)ccc1NNC(=S)NCC[NH+]1CCOCC1. The maximum absolute atomic E-state index is 12.7. The van der Waals surface area contributed by atoms with Crippen molar-refractivity contribution < 1.29 is 27.7 Å². The molecule has 12 heteroatoms. The van der Waals surface area contributed by atoms with E-state index in [1.807, 2.05) is 0 Å². The lowest BCUT2D eigenvalue weighted by Crippen LogP contribution is -3.14. The van der Waals surface area contributed by atoms with Gasteiger partial charge in [0.25, 0.3) is 5.69 Å². The van der Waals surface area contributed by atoms with Crippen LogP contribution in [0.3, 0.4) is 0 Å². The fourth-order valence-corrected chi connectivity index (χ4v) is 2.55. The first-order valence-electron chi connectivity index (χ1n) is 7.84. The maximum Gasteiger partial charge on any atom is 0.416 e. The van der Waals surface area contributed by atoms with Gasteiger partial charge in [-0.05, 0) is 24.4 Å². The smallest absolute Gasteiger partial charge is 0.370 e. The second-order valence-electron chi connectivity index (χ2n) is 5.61. The first-order chi connectivity index (χ1) is 12.3. The Morgan fingerprint density at radius 3 is 2.65 bits per heavy atom. The van der Waals surface area contributed by atoms with E-state index in [0.717, 1.165) is 45.0 Å². The fraction of sp³-hybridized carbons (Fsp3) is 0.500. The molecule has 26 heavy (non-hydrogen) atoms. The summed E-state index contributed by atoms with van der Waals surface area (Å²) in [6.45, 7) is 4.67. The summed E-state index contributed by atoms with van der Waals surface area (Å²) in [6.07, 6.45) is -4.66. The van der Waals surface area contributed by atoms with E-state index in [9.17, 15) is 23.3 Å². The molecular formula is C14H19F3N5O3S+. The van der Waals surface area contributed by atoms with Crippen LogP contribution >= 0.6 is 12.2 Å². The minimum Gasteiger partial charge on any atom is -0.370 e. The molecule has 0 unspecified atom stereocenters. The van der Waals surface area contributed by atoms with Gasteiger partial charge in [0.15, 0.2) is 5.11 Å². The summed E-state index contributed by atoms with van der Waals surface area (Å²) < 4.78 is 43.3. The number of ether oxygens (including phenoxy) is 1. The highest BCUT2D eigenvalue weighted by Crippen LogP contribution is 2.34. The van der Waals surface area contributed by atoms with Crippen molar-refractivity contribution in [1.29, 1.82) is 0 Å². The van der Waals surface area contributed by atoms with Gasteiger partial charge in [-0.2, -0.15) is 13.2 Å². The van der Waals surface area contributed by atoms with Crippen LogP contribution in [-0.4, -0.2) is 49.4 Å². The van der Waals surface area contributed by atoms with Crippen LogP contribution in [-0.2, 0) is 10.9 Å². The van der Waals surface area contributed by atoms with Crippen molar-refractivity contribution >= 4 is 28.7 Å². The van der Waals surface area contributed by atoms with E-state index < -0.39 is 22.4 Å². The molecule has 0 aliphatic carbocycles. The molecule has 1 aliphatic heterocycles. The van der Waals surface area contributed by atoms with E-state index in [4.69, 9.17) is 17.0 Å². The molecule has 0 aromatic heterocycles. The fourth-order valence-electron chi connectivity index (χ4n) is 2.40. The Kier molecular flexibility index (Phi) is 6.94. The van der Waals surface area contributed by atoms with Gasteiger partial charge >= 0.3 is 6.18 Å². The summed E-state index contributed by atoms with van der Waals surface area (Å²) in [5.41, 5.74) is 3.10. The molecule has 0 bridgehead atoms. The van der Waals surface area contributed by atoms with Gasteiger partial charge in [-0.15, -0.1) is 0 Å². The van der Waals surface area contributed by atoms with E-state index >= 15 is 0 Å². The van der Waals surface area contributed by atoms with Gasteiger partial charge in [0.05, 0.1) is 36.8 Å². The Labute approximate surface area is 152 Å². The number of rotatable bonds is 6. The van der Waals surface area contributed by atoms with E-state index in [0.29, 0.717) is 12.6 Å². The Morgan fingerprint density at radius 1 is 1.35 bits per heavy atom. The molecule has 1 fully saturated rings. The highest BCUT2D eigenvalue weighted by molar-refractivity contribution is 7.80. The van der Waals surface area contributed by atoms with Gasteiger partial charge in [0.1, 0.15) is 18.8 Å². The van der Waals surface area contributed by atoms with Crippen molar-refractivity contribution in [2.75, 3.05) is 44.8 Å². The number of morpholine rings is 1. The largest absolute Gasteiger partial charge is 0.416 e. The highest BCUT2D eigenvalue weighted by atomic mass is 32.1. The van der Waals surface area contributed by atoms with Crippen molar-refractivity contribution in [3.05, 3.63) is 33.9 Å². The molecule has 1 saturated heterocycles. The molecule has 0 spiro atoms. The Balaban J connectivity index is 1.85. The zero-order valence-corrected chi connectivity index (χ0v) is 14.5. The number of nitrogens with one attached hydrogen (secondary N) is 4. The predicted octanol–water partition coefficient (Wildman–Crippen LogP) is 0.320. The molecule has 1 heterocycles. The zero-order valence-electron chi connectivity index (χ0n) is 13.7. The van der Waals surface area contributed by atoms with Crippen LogP contribution in [0.2, 0.25) is 0 Å². The van der Waals surface area contributed by atoms with Crippen molar-refractivity contribution in [2.24, 2.45) is 0 Å². The standard InChI is InChI=1S/C14H18F3N5O3S/c15-14(16,17)10-1-2-11(12(9-10)22(23)24)19-20-13(26)18-3-4-21-5-7-25-8-6-21/h1-2,9,19H,3-8H2,(H2,18,20,26)/p+1. The van der Waals surface area contributed by atoms with Crippen LogP contribution in [0.4, 0.5) is 24.5 Å². The summed E-state index contributed by atoms with van der Waals surface area (Å²) in [7, 11) is 0. The number of hydrazine groups is 1. The van der Waals surface area contributed by atoms with Gasteiger partial charge in [-0.3, -0.25) is 21.0 Å². The van der Waals surface area contributed by atoms with Crippen LogP contribution in [0.25, 0.3) is 0 Å². The number of quaternary nitrogens is 1. The number of nitrogens with zero attached hydrogens (tertiary/aromatic N) is 1. The number of thiocarbonyl (C=S) groups is 1. The third kappa shape index (κ3) is 5.97. The van der Waals surface area contributed by atoms with Crippen LogP contribution in [0.5, 0.6) is 0 Å². The maximum atomic E-state index is 12.7. The molecule has 0 atom stereocenters. The number of nitro benzene ring substituents is 1. The van der Waals surface area contributed by atoms with E-state index in [1.165, 1.54) is 4.90 Å². The second-order valence-corrected chi connectivity index (χ2v) is 6.01. The van der Waals surface area contributed by atoms with Gasteiger partial charge in [-0.1, -0.05) is 0 Å². The topological polar surface area (TPSA) is 92.9 Å². The van der Waals surface area contributed by atoms with E-state index in [2.05, 4.69) is 16.2 Å². The third-order valence-corrected chi connectivity index (χ3v) is 4.04. The van der Waals surface area contributed by atoms with Gasteiger partial charge < -0.3 is 15.0 Å². The van der Waals surface area contributed by atoms with Crippen molar-refractivity contribution in [3.8, 4) is 0 Å². The Morgan fingerprint density at radius 2 is 2.04 bits per heavy atom. The lowest BCUT2D eigenvalue weighted by Gasteiger charge is -2.24. The summed E-state index contributed by atoms with van der Waals surface area (Å²) >= 11 is 5.05. The summed E-state index contributed by atoms with van der Waals surface area (Å²) in [6, 6.07) is 2.21. The lowest BCUT2D eigenvalue weighted by atomic mass is 10.1. The molecule has 8 nitrogen and oxygen atoms in total. The number of benzene rings is 1. The molecule has 4 N–H and O–H groups in total. The molecule has 1 aromatic carbocycles. The van der Waals surface area contributed by atoms with Crippen LogP contribution < -0.4 is 21.1 Å². The number of halogens is 3. The monoisotopic (exact) mass is 394 g/mol. The average Bonchev–Trinajstić information content (AvgIpc) is 2.60. The van der Waals surface area contributed by atoms with Gasteiger partial charge in [0, 0.05) is 6.07 Å². The molecular weight excluding hydrogens is 375 g/mol. The lowest BCUT2D eigenvalue weighted by molar-refractivity contribution is -0.906. The molecule has 144 valence electrons. The first-order valence-corrected chi connectivity index (χ1v) is 8.25. The summed E-state index contributed by atoms with van der Waals surface area (Å²) in [4.78, 5) is 11.5. The number of alkyl halides is 3. The van der Waals surface area contributed by atoms with Gasteiger partial charge in [0.2, 0.25) is 0 Å². The van der Waals surface area contributed by atoms with Crippen molar-refractivity contribution in [3.63, 3.8) is 0 Å². The third-order valence-electron chi connectivity index (χ3n) is 3.80. The number of anilines is 1. The summed E-state index contributed by atoms with van der Waals surface area (Å²) in [5, 5.41) is 14.1. The predicted molar refractivity (Wildman–Crippen MR) is 91.8 cm³/mol. The summed E-state index contributed by atoms with van der Waals surface area (Å²) in [5.74, 6) is 0. The number of hydrogen-bond acceptors (Lipinski definition) is 5.